The Morgan fingerprint density at radius 1 is 1.05 bits per heavy atom. The molecule has 198 valence electrons. The van der Waals surface area contributed by atoms with Crippen molar-refractivity contribution in [3.63, 3.8) is 0 Å². The Morgan fingerprint density at radius 2 is 1.79 bits per heavy atom. The number of imidazole rings is 1. The molecule has 4 aromatic rings. The molecule has 1 amide bonds. The average Bonchev–Trinajstić information content (AvgIpc) is 3.50. The van der Waals surface area contributed by atoms with Gasteiger partial charge in [-0.1, -0.05) is 39.8 Å². The zero-order valence-corrected chi connectivity index (χ0v) is 24.9. The maximum absolute atomic E-state index is 13.0. The Labute approximate surface area is 236 Å². The first-order valence-corrected chi connectivity index (χ1v) is 15.1. The van der Waals surface area contributed by atoms with E-state index in [1.54, 1.807) is 23.9 Å². The van der Waals surface area contributed by atoms with Crippen molar-refractivity contribution in [2.45, 2.75) is 76.7 Å². The van der Waals surface area contributed by atoms with E-state index in [1.165, 1.54) is 34.5 Å². The van der Waals surface area contributed by atoms with Crippen LogP contribution in [0, 0.1) is 0 Å². The second-order valence-electron chi connectivity index (χ2n) is 12.1. The van der Waals surface area contributed by atoms with Crippen LogP contribution in [-0.2, 0) is 22.2 Å². The number of amides is 1. The minimum Gasteiger partial charge on any atom is -0.341 e. The van der Waals surface area contributed by atoms with Crippen LogP contribution in [0.5, 0.6) is 0 Å². The summed E-state index contributed by atoms with van der Waals surface area (Å²) < 4.78 is 2.94. The molecule has 0 bridgehead atoms. The minimum atomic E-state index is 0.119. The average molecular weight is 593 g/mol. The van der Waals surface area contributed by atoms with E-state index < -0.39 is 0 Å². The summed E-state index contributed by atoms with van der Waals surface area (Å²) in [5.41, 5.74) is 7.12. The molecule has 0 N–H and O–H groups in total. The maximum atomic E-state index is 13.0. The van der Waals surface area contributed by atoms with Crippen LogP contribution in [0.15, 0.2) is 46.6 Å². The molecule has 0 saturated carbocycles. The molecule has 3 aromatic heterocycles. The van der Waals surface area contributed by atoms with Crippen LogP contribution in [0.25, 0.3) is 22.4 Å². The first-order valence-electron chi connectivity index (χ1n) is 13.5. The number of hydrogen-bond acceptors (Lipinski definition) is 5. The van der Waals surface area contributed by atoms with Gasteiger partial charge >= 0.3 is 0 Å². The van der Waals surface area contributed by atoms with Crippen molar-refractivity contribution in [1.29, 1.82) is 0 Å². The van der Waals surface area contributed by atoms with Crippen LogP contribution in [0.1, 0.15) is 75.4 Å². The predicted molar refractivity (Wildman–Crippen MR) is 157 cm³/mol. The molecule has 0 spiro atoms. The molecule has 1 fully saturated rings. The second-order valence-corrected chi connectivity index (χ2v) is 14.4. The molecule has 0 radical (unpaired) electrons. The van der Waals surface area contributed by atoms with Crippen molar-refractivity contribution in [2.24, 2.45) is 0 Å². The lowest BCUT2D eigenvalue weighted by molar-refractivity contribution is -0.132. The Bertz CT molecular complexity index is 1510. The number of likely N-dealkylation sites (tertiary alicyclic amines) is 1. The summed E-state index contributed by atoms with van der Waals surface area (Å²) in [6.45, 7) is 11.2. The quantitative estimate of drug-likeness (QED) is 0.254. The standard InChI is InChI=1S/C30H34BrN5OS/c1-29(2)11-12-30(3,4)22-16-20(7-8-21(22)29)25-26(31)38-28(34-25)19-9-14-35(15-10-19)24(37)17-36-18-33-23-6-5-13-32-27(23)36/h5-8,13,16,18-19H,9-12,14-15,17H2,1-4H3. The summed E-state index contributed by atoms with van der Waals surface area (Å²) in [5.74, 6) is 0.492. The molecular weight excluding hydrogens is 558 g/mol. The number of thiazole rings is 1. The van der Waals surface area contributed by atoms with Crippen LogP contribution in [0.3, 0.4) is 0 Å². The van der Waals surface area contributed by atoms with E-state index in [0.717, 1.165) is 46.6 Å². The number of nitrogens with zero attached hydrogens (tertiary/aromatic N) is 5. The molecule has 0 atom stereocenters. The highest BCUT2D eigenvalue weighted by Gasteiger charge is 2.37. The third kappa shape index (κ3) is 4.60. The molecule has 6 nitrogen and oxygen atoms in total. The lowest BCUT2D eigenvalue weighted by Gasteiger charge is -2.42. The summed E-state index contributed by atoms with van der Waals surface area (Å²) in [6, 6.07) is 10.8. The minimum absolute atomic E-state index is 0.119. The molecule has 1 aliphatic carbocycles. The molecule has 1 aromatic carbocycles. The van der Waals surface area contributed by atoms with Gasteiger partial charge < -0.3 is 9.47 Å². The number of fused-ring (bicyclic) bond motifs is 2. The molecule has 1 aliphatic heterocycles. The van der Waals surface area contributed by atoms with Crippen LogP contribution >= 0.6 is 27.3 Å². The van der Waals surface area contributed by atoms with E-state index in [1.807, 2.05) is 21.6 Å². The van der Waals surface area contributed by atoms with Crippen LogP contribution in [0.2, 0.25) is 0 Å². The van der Waals surface area contributed by atoms with Gasteiger partial charge in [-0.15, -0.1) is 11.3 Å². The Hall–Kier alpha value is -2.58. The van der Waals surface area contributed by atoms with E-state index in [0.29, 0.717) is 5.92 Å². The first-order chi connectivity index (χ1) is 18.1. The molecule has 6 rings (SSSR count). The fourth-order valence-electron chi connectivity index (χ4n) is 6.04. The van der Waals surface area contributed by atoms with Crippen molar-refractivity contribution >= 4 is 44.3 Å². The molecule has 1 saturated heterocycles. The number of benzene rings is 1. The summed E-state index contributed by atoms with van der Waals surface area (Å²) in [7, 11) is 0. The summed E-state index contributed by atoms with van der Waals surface area (Å²) >= 11 is 5.58. The Kier molecular flexibility index (Phi) is 6.46. The predicted octanol–water partition coefficient (Wildman–Crippen LogP) is 7.07. The number of hydrogen-bond donors (Lipinski definition) is 0. The number of halogens is 1. The number of carbonyl (C=O) groups excluding carboxylic acids is 1. The lowest BCUT2D eigenvalue weighted by Crippen LogP contribution is -2.39. The van der Waals surface area contributed by atoms with E-state index in [-0.39, 0.29) is 23.3 Å². The third-order valence-corrected chi connectivity index (χ3v) is 10.5. The van der Waals surface area contributed by atoms with Crippen LogP contribution in [-0.4, -0.2) is 43.4 Å². The normalized spacial score (nSPS) is 19.0. The number of aromatic nitrogens is 4. The van der Waals surface area contributed by atoms with E-state index in [9.17, 15) is 4.79 Å². The van der Waals surface area contributed by atoms with Gasteiger partial charge in [-0.05, 0) is 81.8 Å². The lowest BCUT2D eigenvalue weighted by atomic mass is 9.63. The largest absolute Gasteiger partial charge is 0.341 e. The van der Waals surface area contributed by atoms with Gasteiger partial charge in [0.05, 0.1) is 20.8 Å². The summed E-state index contributed by atoms with van der Waals surface area (Å²) in [5, 5.41) is 1.17. The fraction of sp³-hybridized carbons (Fsp3) is 0.467. The van der Waals surface area contributed by atoms with E-state index in [4.69, 9.17) is 4.98 Å². The zero-order chi connectivity index (χ0) is 26.7. The van der Waals surface area contributed by atoms with E-state index >= 15 is 0 Å². The number of carbonyl (C=O) groups is 1. The molecular formula is C30H34BrN5OS. The highest BCUT2D eigenvalue weighted by atomic mass is 79.9. The van der Waals surface area contributed by atoms with E-state index in [2.05, 4.69) is 71.8 Å². The topological polar surface area (TPSA) is 63.9 Å². The van der Waals surface area contributed by atoms with Crippen molar-refractivity contribution < 1.29 is 4.79 Å². The van der Waals surface area contributed by atoms with Gasteiger partial charge in [0, 0.05) is 30.8 Å². The zero-order valence-electron chi connectivity index (χ0n) is 22.5. The van der Waals surface area contributed by atoms with Gasteiger partial charge in [0.2, 0.25) is 5.91 Å². The maximum Gasteiger partial charge on any atom is 0.242 e. The van der Waals surface area contributed by atoms with Crippen molar-refractivity contribution in [2.75, 3.05) is 13.1 Å². The molecule has 0 unspecified atom stereocenters. The molecule has 8 heteroatoms. The smallest absolute Gasteiger partial charge is 0.242 e. The summed E-state index contributed by atoms with van der Waals surface area (Å²) in [4.78, 5) is 28.9. The van der Waals surface area contributed by atoms with Crippen LogP contribution in [0.4, 0.5) is 0 Å². The van der Waals surface area contributed by atoms with Crippen molar-refractivity contribution in [1.82, 2.24) is 24.4 Å². The molecule has 38 heavy (non-hydrogen) atoms. The molecule has 2 aliphatic rings. The van der Waals surface area contributed by atoms with Gasteiger partial charge in [-0.3, -0.25) is 4.79 Å². The van der Waals surface area contributed by atoms with Gasteiger partial charge in [-0.25, -0.2) is 15.0 Å². The van der Waals surface area contributed by atoms with Crippen molar-refractivity contribution in [3.8, 4) is 11.3 Å². The monoisotopic (exact) mass is 591 g/mol. The Morgan fingerprint density at radius 3 is 2.55 bits per heavy atom. The van der Waals surface area contributed by atoms with Crippen molar-refractivity contribution in [3.05, 3.63) is 62.8 Å². The Balaban J connectivity index is 1.16. The highest BCUT2D eigenvalue weighted by Crippen LogP contribution is 2.48. The third-order valence-electron chi connectivity index (χ3n) is 8.61. The van der Waals surface area contributed by atoms with Crippen LogP contribution < -0.4 is 0 Å². The number of pyridine rings is 1. The molecule has 4 heterocycles. The highest BCUT2D eigenvalue weighted by molar-refractivity contribution is 9.11. The number of piperidine rings is 1. The second kappa shape index (κ2) is 9.56. The first kappa shape index (κ1) is 25.7. The fourth-order valence-corrected chi connectivity index (χ4v) is 7.84. The van der Waals surface area contributed by atoms with Gasteiger partial charge in [-0.2, -0.15) is 0 Å². The van der Waals surface area contributed by atoms with Gasteiger partial charge in [0.25, 0.3) is 0 Å². The SMILES string of the molecule is CC1(C)CCC(C)(C)c2cc(-c3nc(C4CCN(C(=O)Cn5cnc6cccnc65)CC4)sc3Br)ccc21. The van der Waals surface area contributed by atoms with Gasteiger partial charge in [0.15, 0.2) is 5.65 Å². The number of rotatable bonds is 4. The van der Waals surface area contributed by atoms with Gasteiger partial charge in [0.1, 0.15) is 12.1 Å². The summed E-state index contributed by atoms with van der Waals surface area (Å²) in [6.07, 6.45) is 7.72.